The van der Waals surface area contributed by atoms with Crippen LogP contribution in [0.1, 0.15) is 24.1 Å². The zero-order valence-electron chi connectivity index (χ0n) is 18.6. The maximum absolute atomic E-state index is 12.8. The summed E-state index contributed by atoms with van der Waals surface area (Å²) in [5.74, 6) is -0.387. The predicted molar refractivity (Wildman–Crippen MR) is 128 cm³/mol. The van der Waals surface area contributed by atoms with Gasteiger partial charge < -0.3 is 29.3 Å². The van der Waals surface area contributed by atoms with Crippen molar-refractivity contribution in [2.24, 2.45) is 0 Å². The van der Waals surface area contributed by atoms with Crippen molar-refractivity contribution in [3.63, 3.8) is 0 Å². The van der Waals surface area contributed by atoms with Crippen molar-refractivity contribution in [2.75, 3.05) is 72.2 Å². The number of piperidine rings is 1. The number of carbonyl (C=O) groups is 1. The fourth-order valence-corrected chi connectivity index (χ4v) is 5.36. The molecule has 3 saturated heterocycles. The zero-order chi connectivity index (χ0) is 22.2. The first kappa shape index (κ1) is 23.8. The van der Waals surface area contributed by atoms with E-state index in [2.05, 4.69) is 32.6 Å². The lowest BCUT2D eigenvalue weighted by atomic mass is 10.0. The van der Waals surface area contributed by atoms with Crippen LogP contribution in [0.4, 0.5) is 0 Å². The van der Waals surface area contributed by atoms with Crippen molar-refractivity contribution < 1.29 is 19.0 Å². The van der Waals surface area contributed by atoms with Gasteiger partial charge in [-0.2, -0.15) is 0 Å². The van der Waals surface area contributed by atoms with Gasteiger partial charge in [-0.1, -0.05) is 6.07 Å². The zero-order valence-corrected chi connectivity index (χ0v) is 20.3. The first-order valence-corrected chi connectivity index (χ1v) is 12.8. The molecule has 32 heavy (non-hydrogen) atoms. The van der Waals surface area contributed by atoms with Crippen molar-refractivity contribution in [2.45, 2.75) is 31.6 Å². The first-order chi connectivity index (χ1) is 15.6. The molecule has 3 fully saturated rings. The lowest BCUT2D eigenvalue weighted by molar-refractivity contribution is -0.187. The van der Waals surface area contributed by atoms with Gasteiger partial charge in [-0.25, -0.2) is 0 Å². The lowest BCUT2D eigenvalue weighted by Crippen LogP contribution is -2.51. The average molecular weight is 483 g/mol. The SMILES string of the molecule is O=C(CNC(=S)N(CCCN1CCOCC1)Cc1cccs1)N1CCC2(CC1)OCCO2. The summed E-state index contributed by atoms with van der Waals surface area (Å²) in [4.78, 5) is 20.5. The van der Waals surface area contributed by atoms with E-state index in [1.54, 1.807) is 11.3 Å². The Morgan fingerprint density at radius 1 is 1.16 bits per heavy atom. The molecule has 1 N–H and O–H groups in total. The molecule has 3 aliphatic rings. The standard InChI is InChI=1S/C22H34N4O4S2/c27-20(25-8-4-22(5-9-25)29-14-15-30-22)17-23-21(31)26(18-19-3-1-16-32-19)7-2-6-24-10-12-28-13-11-24/h1,3,16H,2,4-15,17-18H2,(H,23,31). The van der Waals surface area contributed by atoms with Crippen molar-refractivity contribution in [1.29, 1.82) is 0 Å². The second kappa shape index (κ2) is 11.7. The Labute approximate surface area is 199 Å². The van der Waals surface area contributed by atoms with Crippen LogP contribution in [0.25, 0.3) is 0 Å². The fourth-order valence-electron chi connectivity index (χ4n) is 4.41. The number of morpholine rings is 1. The molecule has 1 aromatic heterocycles. The van der Waals surface area contributed by atoms with Crippen LogP contribution >= 0.6 is 23.6 Å². The molecular formula is C22H34N4O4S2. The van der Waals surface area contributed by atoms with Crippen molar-refractivity contribution in [1.82, 2.24) is 20.0 Å². The van der Waals surface area contributed by atoms with Gasteiger partial charge in [-0.15, -0.1) is 11.3 Å². The summed E-state index contributed by atoms with van der Waals surface area (Å²) in [6, 6.07) is 4.19. The Kier molecular flexibility index (Phi) is 8.73. The highest BCUT2D eigenvalue weighted by molar-refractivity contribution is 7.80. The molecule has 4 rings (SSSR count). The second-order valence-electron chi connectivity index (χ2n) is 8.46. The number of thiocarbonyl (C=S) groups is 1. The molecule has 0 aliphatic carbocycles. The van der Waals surface area contributed by atoms with Crippen LogP contribution in [0.15, 0.2) is 17.5 Å². The van der Waals surface area contributed by atoms with Crippen LogP contribution in [0, 0.1) is 0 Å². The topological polar surface area (TPSA) is 66.5 Å². The molecule has 1 amide bonds. The Morgan fingerprint density at radius 2 is 1.91 bits per heavy atom. The molecule has 178 valence electrons. The number of amides is 1. The third kappa shape index (κ3) is 6.61. The second-order valence-corrected chi connectivity index (χ2v) is 9.87. The van der Waals surface area contributed by atoms with Crippen LogP contribution in [0.2, 0.25) is 0 Å². The normalized spacial score (nSPS) is 21.1. The molecule has 0 bridgehead atoms. The Hall–Kier alpha value is -1.30. The summed E-state index contributed by atoms with van der Waals surface area (Å²) < 4.78 is 17.0. The molecule has 8 nitrogen and oxygen atoms in total. The molecule has 4 heterocycles. The first-order valence-electron chi connectivity index (χ1n) is 11.5. The quantitative estimate of drug-likeness (QED) is 0.560. The van der Waals surface area contributed by atoms with Gasteiger partial charge >= 0.3 is 0 Å². The molecule has 3 aliphatic heterocycles. The molecule has 1 aromatic rings. The number of hydrogen-bond acceptors (Lipinski definition) is 7. The average Bonchev–Trinajstić information content (AvgIpc) is 3.50. The summed E-state index contributed by atoms with van der Waals surface area (Å²) in [6.07, 6.45) is 2.49. The Bertz CT molecular complexity index is 726. The molecule has 0 saturated carbocycles. The van der Waals surface area contributed by atoms with Crippen LogP contribution in [0.5, 0.6) is 0 Å². The van der Waals surface area contributed by atoms with Gasteiger partial charge in [-0.05, 0) is 30.1 Å². The third-order valence-corrected chi connectivity index (χ3v) is 7.57. The summed E-state index contributed by atoms with van der Waals surface area (Å²) >= 11 is 7.43. The van der Waals surface area contributed by atoms with Gasteiger partial charge in [0, 0.05) is 57.0 Å². The molecule has 1 spiro atoms. The number of ether oxygens (including phenoxy) is 3. The number of nitrogens with one attached hydrogen (secondary N) is 1. The Morgan fingerprint density at radius 3 is 2.59 bits per heavy atom. The van der Waals surface area contributed by atoms with Crippen molar-refractivity contribution >= 4 is 34.6 Å². The van der Waals surface area contributed by atoms with E-state index in [1.165, 1.54) is 4.88 Å². The summed E-state index contributed by atoms with van der Waals surface area (Å²) in [5, 5.41) is 5.95. The number of hydrogen-bond donors (Lipinski definition) is 1. The van der Waals surface area contributed by atoms with E-state index in [0.29, 0.717) is 31.4 Å². The molecule has 0 aromatic carbocycles. The van der Waals surface area contributed by atoms with Crippen LogP contribution in [-0.4, -0.2) is 104 Å². The molecule has 0 unspecified atom stereocenters. The van der Waals surface area contributed by atoms with Gasteiger partial charge in [0.05, 0.1) is 39.5 Å². The van der Waals surface area contributed by atoms with Gasteiger partial charge in [-0.3, -0.25) is 9.69 Å². The highest BCUT2D eigenvalue weighted by atomic mass is 32.1. The third-order valence-electron chi connectivity index (χ3n) is 6.30. The largest absolute Gasteiger partial charge is 0.379 e. The van der Waals surface area contributed by atoms with Crippen LogP contribution in [-0.2, 0) is 25.5 Å². The maximum Gasteiger partial charge on any atom is 0.241 e. The molecule has 0 atom stereocenters. The highest BCUT2D eigenvalue weighted by Crippen LogP contribution is 2.31. The minimum Gasteiger partial charge on any atom is -0.379 e. The van der Waals surface area contributed by atoms with Gasteiger partial charge in [0.15, 0.2) is 10.9 Å². The van der Waals surface area contributed by atoms with E-state index in [9.17, 15) is 4.79 Å². The minimum absolute atomic E-state index is 0.0737. The van der Waals surface area contributed by atoms with Crippen molar-refractivity contribution in [3.8, 4) is 0 Å². The monoisotopic (exact) mass is 482 g/mol. The summed E-state index contributed by atoms with van der Waals surface area (Å²) in [6.45, 7) is 9.11. The molecule has 0 radical (unpaired) electrons. The van der Waals surface area contributed by atoms with Crippen LogP contribution < -0.4 is 5.32 Å². The van der Waals surface area contributed by atoms with E-state index in [0.717, 1.165) is 65.2 Å². The van der Waals surface area contributed by atoms with Crippen LogP contribution in [0.3, 0.4) is 0 Å². The number of thiophene rings is 1. The fraction of sp³-hybridized carbons (Fsp3) is 0.727. The van der Waals surface area contributed by atoms with Gasteiger partial charge in [0.2, 0.25) is 5.91 Å². The van der Waals surface area contributed by atoms with E-state index < -0.39 is 5.79 Å². The van der Waals surface area contributed by atoms with Crippen molar-refractivity contribution in [3.05, 3.63) is 22.4 Å². The minimum atomic E-state index is -0.461. The maximum atomic E-state index is 12.8. The van der Waals surface area contributed by atoms with E-state index in [-0.39, 0.29) is 12.5 Å². The number of carbonyl (C=O) groups excluding carboxylic acids is 1. The lowest BCUT2D eigenvalue weighted by Gasteiger charge is -2.37. The van der Waals surface area contributed by atoms with E-state index in [1.807, 2.05) is 4.90 Å². The molecule has 10 heteroatoms. The smallest absolute Gasteiger partial charge is 0.241 e. The number of likely N-dealkylation sites (tertiary alicyclic amines) is 1. The number of nitrogens with zero attached hydrogens (tertiary/aromatic N) is 3. The van der Waals surface area contributed by atoms with E-state index in [4.69, 9.17) is 26.4 Å². The predicted octanol–water partition coefficient (Wildman–Crippen LogP) is 1.51. The van der Waals surface area contributed by atoms with Gasteiger partial charge in [0.1, 0.15) is 0 Å². The number of rotatable bonds is 8. The van der Waals surface area contributed by atoms with Gasteiger partial charge in [0.25, 0.3) is 0 Å². The summed E-state index contributed by atoms with van der Waals surface area (Å²) in [7, 11) is 0. The summed E-state index contributed by atoms with van der Waals surface area (Å²) in [5.41, 5.74) is 0. The Balaban J connectivity index is 1.23. The highest BCUT2D eigenvalue weighted by Gasteiger charge is 2.40. The molecular weight excluding hydrogens is 448 g/mol. The van der Waals surface area contributed by atoms with E-state index >= 15 is 0 Å².